The Balaban J connectivity index is 3.57. The third-order valence-corrected chi connectivity index (χ3v) is 4.13. The van der Waals surface area contributed by atoms with E-state index in [4.69, 9.17) is 15.8 Å². The van der Waals surface area contributed by atoms with Crippen molar-refractivity contribution in [3.63, 3.8) is 0 Å². The number of carbonyl (C=O) groups is 1. The van der Waals surface area contributed by atoms with E-state index in [0.29, 0.717) is 10.0 Å². The zero-order valence-corrected chi connectivity index (χ0v) is 10.6. The Hall–Kier alpha value is -0.590. The minimum atomic E-state index is -3.91. The molecule has 82 valence electrons. The van der Waals surface area contributed by atoms with E-state index in [1.165, 1.54) is 6.07 Å². The third-order valence-electron chi connectivity index (χ3n) is 1.74. The molecule has 0 unspecified atom stereocenters. The lowest BCUT2D eigenvalue weighted by Gasteiger charge is -2.05. The number of aryl methyl sites for hydroxylation is 1. The van der Waals surface area contributed by atoms with Gasteiger partial charge in [0.15, 0.2) is 0 Å². The molecule has 0 amide bonds. The van der Waals surface area contributed by atoms with Crippen molar-refractivity contribution in [1.82, 2.24) is 0 Å². The van der Waals surface area contributed by atoms with Crippen LogP contribution in [0.2, 0.25) is 0 Å². The van der Waals surface area contributed by atoms with Gasteiger partial charge in [-0.1, -0.05) is 0 Å². The van der Waals surface area contributed by atoms with Crippen LogP contribution in [0.5, 0.6) is 0 Å². The molecule has 1 N–H and O–H groups in total. The molecule has 0 spiro atoms. The van der Waals surface area contributed by atoms with E-state index < -0.39 is 15.0 Å². The minimum absolute atomic E-state index is 0.130. The summed E-state index contributed by atoms with van der Waals surface area (Å²) in [6.45, 7) is 1.59. The van der Waals surface area contributed by atoms with Crippen LogP contribution < -0.4 is 0 Å². The van der Waals surface area contributed by atoms with Crippen LogP contribution in [-0.4, -0.2) is 19.5 Å². The fraction of sp³-hybridized carbons (Fsp3) is 0.125. The van der Waals surface area contributed by atoms with Crippen LogP contribution >= 0.6 is 26.6 Å². The van der Waals surface area contributed by atoms with Crippen molar-refractivity contribution in [2.24, 2.45) is 0 Å². The van der Waals surface area contributed by atoms with E-state index in [2.05, 4.69) is 15.9 Å². The number of hydrogen-bond donors (Lipinski definition) is 1. The Labute approximate surface area is 99.4 Å². The van der Waals surface area contributed by atoms with Crippen molar-refractivity contribution in [2.45, 2.75) is 11.8 Å². The summed E-state index contributed by atoms with van der Waals surface area (Å²) in [6.07, 6.45) is 0. The molecule has 0 aliphatic rings. The first-order valence-corrected chi connectivity index (χ1v) is 6.82. The van der Waals surface area contributed by atoms with Gasteiger partial charge in [-0.25, -0.2) is 13.2 Å². The van der Waals surface area contributed by atoms with Crippen LogP contribution in [0.4, 0.5) is 0 Å². The van der Waals surface area contributed by atoms with Gasteiger partial charge in [-0.2, -0.15) is 0 Å². The number of carboxylic acid groups (broad SMARTS) is 1. The molecule has 0 heterocycles. The van der Waals surface area contributed by atoms with Gasteiger partial charge in [0, 0.05) is 15.2 Å². The van der Waals surface area contributed by atoms with Crippen LogP contribution in [0.15, 0.2) is 21.5 Å². The van der Waals surface area contributed by atoms with Gasteiger partial charge in [-0.15, -0.1) is 0 Å². The fourth-order valence-electron chi connectivity index (χ4n) is 1.03. The van der Waals surface area contributed by atoms with Crippen LogP contribution in [0.25, 0.3) is 0 Å². The molecule has 1 aromatic carbocycles. The molecule has 0 radical (unpaired) electrons. The summed E-state index contributed by atoms with van der Waals surface area (Å²) in [7, 11) is 1.21. The van der Waals surface area contributed by atoms with Crippen LogP contribution in [-0.2, 0) is 9.05 Å². The Morgan fingerprint density at radius 1 is 1.47 bits per heavy atom. The molecule has 1 rings (SSSR count). The number of hydrogen-bond acceptors (Lipinski definition) is 3. The van der Waals surface area contributed by atoms with Crippen molar-refractivity contribution in [3.8, 4) is 0 Å². The molecular formula is C8H6BrClO4S. The second kappa shape index (κ2) is 4.11. The average Bonchev–Trinajstić information content (AvgIpc) is 2.06. The summed E-state index contributed by atoms with van der Waals surface area (Å²) in [5.41, 5.74) is 0.364. The summed E-state index contributed by atoms with van der Waals surface area (Å²) in [4.78, 5) is 10.6. The highest BCUT2D eigenvalue weighted by Gasteiger charge is 2.17. The van der Waals surface area contributed by atoms with Crippen LogP contribution in [0.3, 0.4) is 0 Å². The molecule has 7 heteroatoms. The van der Waals surface area contributed by atoms with Gasteiger partial charge in [-0.05, 0) is 40.5 Å². The summed E-state index contributed by atoms with van der Waals surface area (Å²) in [5, 5.41) is 8.81. The first-order valence-electron chi connectivity index (χ1n) is 3.71. The van der Waals surface area contributed by atoms with Crippen molar-refractivity contribution < 1.29 is 18.3 Å². The number of benzene rings is 1. The molecule has 0 saturated carbocycles. The lowest BCUT2D eigenvalue weighted by Crippen LogP contribution is -2.02. The lowest BCUT2D eigenvalue weighted by atomic mass is 10.1. The molecule has 0 aliphatic carbocycles. The Bertz CT molecular complexity index is 524. The molecule has 15 heavy (non-hydrogen) atoms. The van der Waals surface area contributed by atoms with E-state index in [9.17, 15) is 13.2 Å². The number of aromatic carboxylic acids is 1. The second-order valence-corrected chi connectivity index (χ2v) is 6.20. The zero-order valence-electron chi connectivity index (χ0n) is 7.49. The maximum absolute atomic E-state index is 11.0. The molecule has 0 fully saturated rings. The maximum Gasteiger partial charge on any atom is 0.336 e. The number of halogens is 2. The topological polar surface area (TPSA) is 71.4 Å². The fourth-order valence-corrected chi connectivity index (χ4v) is 2.27. The summed E-state index contributed by atoms with van der Waals surface area (Å²) in [6, 6.07) is 2.32. The monoisotopic (exact) mass is 312 g/mol. The molecule has 4 nitrogen and oxygen atoms in total. The summed E-state index contributed by atoms with van der Waals surface area (Å²) >= 11 is 3.06. The molecular weight excluding hydrogens is 308 g/mol. The Kier molecular flexibility index (Phi) is 3.42. The van der Waals surface area contributed by atoms with Crippen molar-refractivity contribution in [1.29, 1.82) is 0 Å². The van der Waals surface area contributed by atoms with Crippen molar-refractivity contribution >= 4 is 41.6 Å². The molecule has 0 aliphatic heterocycles. The van der Waals surface area contributed by atoms with E-state index in [1.807, 2.05) is 0 Å². The van der Waals surface area contributed by atoms with E-state index in [0.717, 1.165) is 6.07 Å². The molecule has 0 aromatic heterocycles. The molecule has 0 saturated heterocycles. The zero-order chi connectivity index (χ0) is 11.8. The van der Waals surface area contributed by atoms with Gasteiger partial charge in [0.25, 0.3) is 9.05 Å². The van der Waals surface area contributed by atoms with Gasteiger partial charge in [0.2, 0.25) is 0 Å². The van der Waals surface area contributed by atoms with Gasteiger partial charge < -0.3 is 5.11 Å². The van der Waals surface area contributed by atoms with Gasteiger partial charge in [0.05, 0.1) is 10.5 Å². The predicted octanol–water partition coefficient (Wildman–Crippen LogP) is 2.38. The quantitative estimate of drug-likeness (QED) is 0.851. The smallest absolute Gasteiger partial charge is 0.336 e. The summed E-state index contributed by atoms with van der Waals surface area (Å²) in [5.74, 6) is -1.22. The highest BCUT2D eigenvalue weighted by atomic mass is 79.9. The molecule has 0 atom stereocenters. The van der Waals surface area contributed by atoms with Gasteiger partial charge in [0.1, 0.15) is 0 Å². The average molecular weight is 314 g/mol. The van der Waals surface area contributed by atoms with Crippen LogP contribution in [0.1, 0.15) is 15.9 Å². The summed E-state index contributed by atoms with van der Waals surface area (Å²) < 4.78 is 22.4. The van der Waals surface area contributed by atoms with Gasteiger partial charge >= 0.3 is 5.97 Å². The second-order valence-electron chi connectivity index (χ2n) is 2.84. The highest BCUT2D eigenvalue weighted by molar-refractivity contribution is 9.10. The van der Waals surface area contributed by atoms with Gasteiger partial charge in [-0.3, -0.25) is 0 Å². The highest BCUT2D eigenvalue weighted by Crippen LogP contribution is 2.27. The SMILES string of the molecule is Cc1cc(S(=O)(=O)Cl)cc(C(=O)O)c1Br. The normalized spacial score (nSPS) is 11.4. The molecule has 0 bridgehead atoms. The Morgan fingerprint density at radius 2 is 2.00 bits per heavy atom. The van der Waals surface area contributed by atoms with Crippen LogP contribution in [0, 0.1) is 6.92 Å². The van der Waals surface area contributed by atoms with Crippen molar-refractivity contribution in [3.05, 3.63) is 27.7 Å². The largest absolute Gasteiger partial charge is 0.478 e. The van der Waals surface area contributed by atoms with Crippen molar-refractivity contribution in [2.75, 3.05) is 0 Å². The Morgan fingerprint density at radius 3 is 2.40 bits per heavy atom. The van der Waals surface area contributed by atoms with E-state index >= 15 is 0 Å². The lowest BCUT2D eigenvalue weighted by molar-refractivity contribution is 0.0695. The van der Waals surface area contributed by atoms with E-state index in [1.54, 1.807) is 6.92 Å². The molecule has 1 aromatic rings. The minimum Gasteiger partial charge on any atom is -0.478 e. The third kappa shape index (κ3) is 2.70. The standard InChI is InChI=1S/C8H6BrClO4S/c1-4-2-5(15(10,13)14)3-6(7(4)9)8(11)12/h2-3H,1H3,(H,11,12). The first kappa shape index (κ1) is 12.5. The predicted molar refractivity (Wildman–Crippen MR) is 58.9 cm³/mol. The first-order chi connectivity index (χ1) is 6.73. The number of rotatable bonds is 2. The number of carboxylic acids is 1. The van der Waals surface area contributed by atoms with E-state index in [-0.39, 0.29) is 10.5 Å². The maximum atomic E-state index is 11.0.